The number of nitrogens with zero attached hydrogens (tertiary/aromatic N) is 1. The van der Waals surface area contributed by atoms with Crippen LogP contribution in [-0.4, -0.2) is 35.5 Å². The molecule has 2 aliphatic rings. The van der Waals surface area contributed by atoms with E-state index in [9.17, 15) is 5.21 Å². The molecule has 2 rings (SSSR count). The van der Waals surface area contributed by atoms with Crippen molar-refractivity contribution < 1.29 is 9.38 Å². The van der Waals surface area contributed by atoms with Crippen molar-refractivity contribution in [2.75, 3.05) is 13.1 Å². The number of ether oxygens (including phenoxy) is 1. The Bertz CT molecular complexity index is 257. The first kappa shape index (κ1) is 10.1. The maximum atomic E-state index is 12.2. The van der Waals surface area contributed by atoms with E-state index < -0.39 is 0 Å². The lowest BCUT2D eigenvalue weighted by Crippen LogP contribution is -2.46. The maximum absolute atomic E-state index is 12.2. The van der Waals surface area contributed by atoms with Crippen LogP contribution in [-0.2, 0) is 4.74 Å². The van der Waals surface area contributed by atoms with Crippen molar-refractivity contribution in [3.8, 4) is 0 Å². The van der Waals surface area contributed by atoms with Crippen LogP contribution in [0.3, 0.4) is 0 Å². The third-order valence-electron chi connectivity index (χ3n) is 2.97. The van der Waals surface area contributed by atoms with Crippen molar-refractivity contribution in [3.05, 3.63) is 17.4 Å². The molecule has 1 unspecified atom stereocenters. The molecular formula is C11H19NO2. The highest BCUT2D eigenvalue weighted by Crippen LogP contribution is 2.34. The van der Waals surface area contributed by atoms with Gasteiger partial charge in [0.05, 0.1) is 18.7 Å². The molecule has 14 heavy (non-hydrogen) atoms. The highest BCUT2D eigenvalue weighted by molar-refractivity contribution is 5.04. The highest BCUT2D eigenvalue weighted by Gasteiger charge is 2.45. The van der Waals surface area contributed by atoms with Crippen LogP contribution >= 0.6 is 0 Å². The van der Waals surface area contributed by atoms with Crippen molar-refractivity contribution in [3.63, 3.8) is 0 Å². The Balaban J connectivity index is 2.06. The van der Waals surface area contributed by atoms with Crippen LogP contribution in [0.4, 0.5) is 0 Å². The molecule has 0 aromatic rings. The van der Waals surface area contributed by atoms with Gasteiger partial charge in [0.2, 0.25) is 0 Å². The minimum atomic E-state index is -0.143. The van der Waals surface area contributed by atoms with Gasteiger partial charge in [-0.25, -0.2) is 0 Å². The minimum absolute atomic E-state index is 0.0502. The molecule has 80 valence electrons. The van der Waals surface area contributed by atoms with Gasteiger partial charge in [0.15, 0.2) is 0 Å². The summed E-state index contributed by atoms with van der Waals surface area (Å²) in [4.78, 5) is 0. The normalized spacial score (nSPS) is 41.7. The number of hydrogen-bond acceptors (Lipinski definition) is 2. The summed E-state index contributed by atoms with van der Waals surface area (Å²) in [6, 6.07) is 0.0502. The molecule has 1 fully saturated rings. The minimum Gasteiger partial charge on any atom is -0.632 e. The van der Waals surface area contributed by atoms with E-state index in [1.807, 2.05) is 32.9 Å². The van der Waals surface area contributed by atoms with Gasteiger partial charge in [-0.05, 0) is 32.9 Å². The van der Waals surface area contributed by atoms with Crippen LogP contribution in [0.1, 0.15) is 27.2 Å². The third-order valence-corrected chi connectivity index (χ3v) is 2.97. The van der Waals surface area contributed by atoms with E-state index in [1.54, 1.807) is 0 Å². The summed E-state index contributed by atoms with van der Waals surface area (Å²) in [5.74, 6) is 0. The Kier molecular flexibility index (Phi) is 2.21. The average molecular weight is 197 g/mol. The molecule has 0 aromatic heterocycles. The molecule has 0 aromatic carbocycles. The summed E-state index contributed by atoms with van der Waals surface area (Å²) in [6.07, 6.45) is 5.05. The molecule has 0 spiro atoms. The molecule has 0 saturated carbocycles. The predicted octanol–water partition coefficient (Wildman–Crippen LogP) is 1.83. The van der Waals surface area contributed by atoms with Crippen LogP contribution in [0.2, 0.25) is 0 Å². The summed E-state index contributed by atoms with van der Waals surface area (Å²) in [7, 11) is 0. The summed E-state index contributed by atoms with van der Waals surface area (Å²) in [5, 5.41) is 12.2. The Morgan fingerprint density at radius 1 is 1.43 bits per heavy atom. The van der Waals surface area contributed by atoms with Crippen LogP contribution in [0, 0.1) is 5.21 Å². The van der Waals surface area contributed by atoms with Gasteiger partial charge in [0.25, 0.3) is 0 Å². The molecule has 2 heterocycles. The Hall–Kier alpha value is -0.380. The van der Waals surface area contributed by atoms with Gasteiger partial charge in [-0.15, -0.1) is 0 Å². The fourth-order valence-electron chi connectivity index (χ4n) is 2.42. The fourth-order valence-corrected chi connectivity index (χ4v) is 2.42. The zero-order valence-corrected chi connectivity index (χ0v) is 9.19. The molecular weight excluding hydrogens is 178 g/mol. The lowest BCUT2D eigenvalue weighted by atomic mass is 10.1. The second kappa shape index (κ2) is 3.05. The van der Waals surface area contributed by atoms with E-state index in [0.29, 0.717) is 13.1 Å². The lowest BCUT2D eigenvalue weighted by molar-refractivity contribution is -0.876. The maximum Gasteiger partial charge on any atom is 0.135 e. The molecule has 3 atom stereocenters. The number of hydrogen-bond donors (Lipinski definition) is 0. The number of rotatable bonds is 1. The largest absolute Gasteiger partial charge is 0.632 e. The zero-order valence-electron chi connectivity index (χ0n) is 9.19. The number of hydroxylamine groups is 3. The van der Waals surface area contributed by atoms with E-state index in [-0.39, 0.29) is 22.4 Å². The van der Waals surface area contributed by atoms with Crippen LogP contribution in [0.25, 0.3) is 0 Å². The van der Waals surface area contributed by atoms with E-state index in [4.69, 9.17) is 4.74 Å². The van der Waals surface area contributed by atoms with Crippen LogP contribution in [0.5, 0.6) is 0 Å². The average Bonchev–Trinajstić information content (AvgIpc) is 2.49. The SMILES string of the molecule is CC(C)(C)O[C@H]1CC[N+]2([O-])CC=C[C@H]12. The van der Waals surface area contributed by atoms with Crippen molar-refractivity contribution in [1.82, 2.24) is 0 Å². The van der Waals surface area contributed by atoms with Gasteiger partial charge in [-0.2, -0.15) is 0 Å². The van der Waals surface area contributed by atoms with Crippen molar-refractivity contribution in [1.29, 1.82) is 0 Å². The van der Waals surface area contributed by atoms with E-state index >= 15 is 0 Å². The molecule has 0 aliphatic carbocycles. The molecule has 0 radical (unpaired) electrons. The Morgan fingerprint density at radius 3 is 2.79 bits per heavy atom. The molecule has 0 bridgehead atoms. The predicted molar refractivity (Wildman–Crippen MR) is 55.5 cm³/mol. The van der Waals surface area contributed by atoms with Crippen LogP contribution < -0.4 is 0 Å². The van der Waals surface area contributed by atoms with Crippen molar-refractivity contribution in [2.45, 2.75) is 44.9 Å². The molecule has 0 amide bonds. The van der Waals surface area contributed by atoms with Crippen molar-refractivity contribution >= 4 is 0 Å². The van der Waals surface area contributed by atoms with Crippen molar-refractivity contribution in [2.24, 2.45) is 0 Å². The zero-order chi connectivity index (χ0) is 10.4. The van der Waals surface area contributed by atoms with Gasteiger partial charge in [0.1, 0.15) is 12.1 Å². The van der Waals surface area contributed by atoms with E-state index in [2.05, 4.69) is 0 Å². The van der Waals surface area contributed by atoms with Gasteiger partial charge in [-0.3, -0.25) is 0 Å². The molecule has 3 nitrogen and oxygen atoms in total. The topological polar surface area (TPSA) is 32.3 Å². The first-order valence-electron chi connectivity index (χ1n) is 5.33. The number of quaternary nitrogens is 1. The van der Waals surface area contributed by atoms with E-state index in [0.717, 1.165) is 6.42 Å². The van der Waals surface area contributed by atoms with Gasteiger partial charge in [-0.1, -0.05) is 0 Å². The second-order valence-electron chi connectivity index (χ2n) is 5.33. The molecule has 0 N–H and O–H groups in total. The summed E-state index contributed by atoms with van der Waals surface area (Å²) in [5.41, 5.74) is -0.143. The summed E-state index contributed by atoms with van der Waals surface area (Å²) in [6.45, 7) is 7.48. The monoisotopic (exact) mass is 197 g/mol. The number of fused-ring (bicyclic) bond motifs is 1. The first-order valence-corrected chi connectivity index (χ1v) is 5.33. The van der Waals surface area contributed by atoms with Gasteiger partial charge < -0.3 is 14.6 Å². The Morgan fingerprint density at radius 2 is 2.14 bits per heavy atom. The highest BCUT2D eigenvalue weighted by atomic mass is 16.6. The standard InChI is InChI=1S/C11H19NO2/c1-11(2,3)14-10-6-8-12(13)7-4-5-9(10)12/h4-5,9-10H,6-8H2,1-3H3/t9-,10+,12?/m1/s1. The molecule has 2 aliphatic heterocycles. The smallest absolute Gasteiger partial charge is 0.135 e. The summed E-state index contributed by atoms with van der Waals surface area (Å²) < 4.78 is 5.83. The fraction of sp³-hybridized carbons (Fsp3) is 0.818. The van der Waals surface area contributed by atoms with Gasteiger partial charge >= 0.3 is 0 Å². The molecule has 1 saturated heterocycles. The quantitative estimate of drug-likeness (QED) is 0.365. The second-order valence-corrected chi connectivity index (χ2v) is 5.33. The first-order chi connectivity index (χ1) is 6.41. The Labute approximate surface area is 85.5 Å². The third kappa shape index (κ3) is 1.72. The van der Waals surface area contributed by atoms with Gasteiger partial charge in [0, 0.05) is 6.42 Å². The molecule has 3 heteroatoms. The lowest BCUT2D eigenvalue weighted by Gasteiger charge is -2.40. The summed E-state index contributed by atoms with van der Waals surface area (Å²) >= 11 is 0. The van der Waals surface area contributed by atoms with E-state index in [1.165, 1.54) is 0 Å². The van der Waals surface area contributed by atoms with Crippen LogP contribution in [0.15, 0.2) is 12.2 Å².